The highest BCUT2D eigenvalue weighted by atomic mass is 79.9. The molecule has 1 saturated heterocycles. The lowest BCUT2D eigenvalue weighted by Crippen LogP contribution is -2.39. The Labute approximate surface area is 117 Å². The first kappa shape index (κ1) is 14.0. The Balaban J connectivity index is 2.38. The van der Waals surface area contributed by atoms with E-state index < -0.39 is 10.0 Å². The van der Waals surface area contributed by atoms with Crippen LogP contribution in [0.5, 0.6) is 0 Å². The summed E-state index contributed by atoms with van der Waals surface area (Å²) in [6, 6.07) is 7.12. The minimum Gasteiger partial charge on any atom is -0.207 e. The first-order valence-corrected chi connectivity index (χ1v) is 8.49. The molecule has 1 heterocycles. The van der Waals surface area contributed by atoms with Gasteiger partial charge in [0.1, 0.15) is 0 Å². The molecule has 0 spiro atoms. The van der Waals surface area contributed by atoms with Crippen LogP contribution >= 0.6 is 15.9 Å². The van der Waals surface area contributed by atoms with Gasteiger partial charge >= 0.3 is 0 Å². The molecule has 0 radical (unpaired) electrons. The summed E-state index contributed by atoms with van der Waals surface area (Å²) in [7, 11) is -3.35. The Bertz CT molecular complexity index is 512. The molecule has 0 amide bonds. The summed E-state index contributed by atoms with van der Waals surface area (Å²) in [5.41, 5.74) is 0. The van der Waals surface area contributed by atoms with Gasteiger partial charge in [-0.15, -0.1) is 0 Å². The number of halogens is 1. The highest BCUT2D eigenvalue weighted by Gasteiger charge is 2.38. The molecule has 2 atom stereocenters. The zero-order valence-electron chi connectivity index (χ0n) is 10.6. The van der Waals surface area contributed by atoms with Crippen molar-refractivity contribution in [3.8, 4) is 0 Å². The first-order valence-electron chi connectivity index (χ1n) is 6.26. The van der Waals surface area contributed by atoms with E-state index in [9.17, 15) is 8.42 Å². The molecule has 0 bridgehead atoms. The lowest BCUT2D eigenvalue weighted by molar-refractivity contribution is 0.328. The molecule has 1 aromatic rings. The fraction of sp³-hybridized carbons (Fsp3) is 0.538. The van der Waals surface area contributed by atoms with E-state index in [1.165, 1.54) is 0 Å². The number of benzene rings is 1. The van der Waals surface area contributed by atoms with Gasteiger partial charge in [0, 0.05) is 16.6 Å². The monoisotopic (exact) mass is 331 g/mol. The van der Waals surface area contributed by atoms with Crippen molar-refractivity contribution in [3.63, 3.8) is 0 Å². The molecular formula is C13H18BrNO2S. The van der Waals surface area contributed by atoms with E-state index in [2.05, 4.69) is 15.9 Å². The highest BCUT2D eigenvalue weighted by Crippen LogP contribution is 2.32. The van der Waals surface area contributed by atoms with Crippen molar-refractivity contribution in [1.82, 2.24) is 4.31 Å². The van der Waals surface area contributed by atoms with E-state index in [1.807, 2.05) is 13.8 Å². The van der Waals surface area contributed by atoms with Crippen molar-refractivity contribution in [2.24, 2.45) is 0 Å². The number of hydrogen-bond donors (Lipinski definition) is 0. The number of nitrogens with zero attached hydrogens (tertiary/aromatic N) is 1. The van der Waals surface area contributed by atoms with E-state index in [0.29, 0.717) is 4.90 Å². The standard InChI is InChI=1S/C13H18BrNO2S/c1-3-12-7-4-10(2)15(12)18(16,17)13-8-5-11(14)6-9-13/h5-6,8-10,12H,3-4,7H2,1-2H3. The lowest BCUT2D eigenvalue weighted by Gasteiger charge is -2.27. The van der Waals surface area contributed by atoms with Gasteiger partial charge in [-0.25, -0.2) is 8.42 Å². The van der Waals surface area contributed by atoms with Gasteiger partial charge in [0.2, 0.25) is 10.0 Å². The van der Waals surface area contributed by atoms with Crippen LogP contribution in [-0.4, -0.2) is 24.8 Å². The average Bonchev–Trinajstić information content (AvgIpc) is 2.71. The van der Waals surface area contributed by atoms with Crippen LogP contribution in [0.25, 0.3) is 0 Å². The molecule has 2 unspecified atom stereocenters. The van der Waals surface area contributed by atoms with Gasteiger partial charge in [0.05, 0.1) is 4.90 Å². The molecule has 1 aliphatic heterocycles. The van der Waals surface area contributed by atoms with E-state index >= 15 is 0 Å². The van der Waals surface area contributed by atoms with Crippen LogP contribution in [0.1, 0.15) is 33.1 Å². The summed E-state index contributed by atoms with van der Waals surface area (Å²) in [6.45, 7) is 4.04. The fourth-order valence-corrected chi connectivity index (χ4v) is 4.81. The summed E-state index contributed by atoms with van der Waals surface area (Å²) in [6.07, 6.45) is 2.79. The van der Waals surface area contributed by atoms with Crippen LogP contribution in [0.3, 0.4) is 0 Å². The molecule has 0 saturated carbocycles. The summed E-state index contributed by atoms with van der Waals surface area (Å²) in [4.78, 5) is 0.387. The van der Waals surface area contributed by atoms with Crippen LogP contribution in [-0.2, 0) is 10.0 Å². The molecule has 1 aromatic carbocycles. The van der Waals surface area contributed by atoms with E-state index in [-0.39, 0.29) is 12.1 Å². The predicted molar refractivity (Wildman–Crippen MR) is 75.9 cm³/mol. The van der Waals surface area contributed by atoms with Gasteiger partial charge in [-0.2, -0.15) is 4.31 Å². The number of rotatable bonds is 3. The van der Waals surface area contributed by atoms with Crippen LogP contribution in [0, 0.1) is 0 Å². The Hall–Kier alpha value is -0.390. The Kier molecular flexibility index (Phi) is 4.14. The zero-order chi connectivity index (χ0) is 13.3. The Morgan fingerprint density at radius 1 is 1.28 bits per heavy atom. The highest BCUT2D eigenvalue weighted by molar-refractivity contribution is 9.10. The Morgan fingerprint density at radius 2 is 1.89 bits per heavy atom. The van der Waals surface area contributed by atoms with Crippen molar-refractivity contribution in [1.29, 1.82) is 0 Å². The molecule has 0 aromatic heterocycles. The first-order chi connectivity index (χ1) is 8.46. The molecule has 1 fully saturated rings. The summed E-state index contributed by atoms with van der Waals surface area (Å²) < 4.78 is 27.9. The molecule has 3 nitrogen and oxygen atoms in total. The molecule has 2 rings (SSSR count). The molecule has 0 aliphatic carbocycles. The van der Waals surface area contributed by atoms with Crippen molar-refractivity contribution >= 4 is 26.0 Å². The van der Waals surface area contributed by atoms with Crippen molar-refractivity contribution in [2.75, 3.05) is 0 Å². The summed E-state index contributed by atoms with van der Waals surface area (Å²) in [5, 5.41) is 0. The number of hydrogen-bond acceptors (Lipinski definition) is 2. The van der Waals surface area contributed by atoms with Gasteiger partial charge in [0.15, 0.2) is 0 Å². The molecule has 0 N–H and O–H groups in total. The second-order valence-corrected chi connectivity index (χ2v) is 7.54. The maximum Gasteiger partial charge on any atom is 0.243 e. The molecule has 100 valence electrons. The third-order valence-electron chi connectivity index (χ3n) is 3.57. The minimum absolute atomic E-state index is 0.101. The van der Waals surface area contributed by atoms with Gasteiger partial charge in [-0.05, 0) is 50.5 Å². The third-order valence-corrected chi connectivity index (χ3v) is 6.18. The minimum atomic E-state index is -3.35. The maximum absolute atomic E-state index is 12.6. The number of sulfonamides is 1. The molecule has 5 heteroatoms. The van der Waals surface area contributed by atoms with E-state index in [1.54, 1.807) is 28.6 Å². The van der Waals surface area contributed by atoms with Crippen LogP contribution in [0.2, 0.25) is 0 Å². The fourth-order valence-electron chi connectivity index (χ4n) is 2.59. The van der Waals surface area contributed by atoms with Gasteiger partial charge in [-0.1, -0.05) is 22.9 Å². The van der Waals surface area contributed by atoms with Gasteiger partial charge in [0.25, 0.3) is 0 Å². The summed E-state index contributed by atoms with van der Waals surface area (Å²) in [5.74, 6) is 0. The quantitative estimate of drug-likeness (QED) is 0.851. The van der Waals surface area contributed by atoms with Gasteiger partial charge < -0.3 is 0 Å². The Morgan fingerprint density at radius 3 is 2.44 bits per heavy atom. The largest absolute Gasteiger partial charge is 0.243 e. The summed E-state index contributed by atoms with van der Waals surface area (Å²) >= 11 is 3.32. The SMILES string of the molecule is CCC1CCC(C)N1S(=O)(=O)c1ccc(Br)cc1. The second-order valence-electron chi connectivity index (χ2n) is 4.78. The second kappa shape index (κ2) is 5.31. The van der Waals surface area contributed by atoms with Crippen LogP contribution in [0.4, 0.5) is 0 Å². The predicted octanol–water partition coefficient (Wildman–Crippen LogP) is 3.40. The topological polar surface area (TPSA) is 37.4 Å². The smallest absolute Gasteiger partial charge is 0.207 e. The molecule has 1 aliphatic rings. The van der Waals surface area contributed by atoms with Crippen LogP contribution < -0.4 is 0 Å². The van der Waals surface area contributed by atoms with Crippen LogP contribution in [0.15, 0.2) is 33.6 Å². The van der Waals surface area contributed by atoms with E-state index in [4.69, 9.17) is 0 Å². The lowest BCUT2D eigenvalue weighted by atomic mass is 10.2. The third kappa shape index (κ3) is 2.49. The van der Waals surface area contributed by atoms with Crippen molar-refractivity contribution < 1.29 is 8.42 Å². The zero-order valence-corrected chi connectivity index (χ0v) is 13.0. The maximum atomic E-state index is 12.6. The van der Waals surface area contributed by atoms with Crippen molar-refractivity contribution in [2.45, 2.75) is 50.1 Å². The van der Waals surface area contributed by atoms with E-state index in [0.717, 1.165) is 23.7 Å². The normalized spacial score (nSPS) is 25.5. The molecule has 18 heavy (non-hydrogen) atoms. The van der Waals surface area contributed by atoms with Crippen molar-refractivity contribution in [3.05, 3.63) is 28.7 Å². The molecular weight excluding hydrogens is 314 g/mol. The van der Waals surface area contributed by atoms with Gasteiger partial charge in [-0.3, -0.25) is 0 Å². The average molecular weight is 332 g/mol.